The Morgan fingerprint density at radius 2 is 2.09 bits per heavy atom. The van der Waals surface area contributed by atoms with Crippen LogP contribution in [0.5, 0.6) is 0 Å². The van der Waals surface area contributed by atoms with E-state index in [-0.39, 0.29) is 11.2 Å². The molecule has 1 fully saturated rings. The minimum Gasteiger partial charge on any atom is -0.379 e. The van der Waals surface area contributed by atoms with Gasteiger partial charge >= 0.3 is 0 Å². The van der Waals surface area contributed by atoms with E-state index in [9.17, 15) is 4.79 Å². The fourth-order valence-corrected chi connectivity index (χ4v) is 3.60. The summed E-state index contributed by atoms with van der Waals surface area (Å²) in [6.45, 7) is 7.47. The zero-order valence-corrected chi connectivity index (χ0v) is 15.2. The maximum absolute atomic E-state index is 12.1. The third-order valence-corrected chi connectivity index (χ3v) is 5.43. The minimum absolute atomic E-state index is 0.0706. The van der Waals surface area contributed by atoms with Crippen molar-refractivity contribution >= 4 is 29.3 Å². The highest BCUT2D eigenvalue weighted by Crippen LogP contribution is 2.29. The summed E-state index contributed by atoms with van der Waals surface area (Å²) in [6.07, 6.45) is 2.11. The SMILES string of the molecule is CC(Sc1ccccc1Cl)C(=O)NCCCCN1CCOCC1. The number of thioether (sulfide) groups is 1. The van der Waals surface area contributed by atoms with Gasteiger partial charge in [0.05, 0.1) is 23.5 Å². The smallest absolute Gasteiger partial charge is 0.233 e. The van der Waals surface area contributed by atoms with E-state index in [0.717, 1.165) is 57.1 Å². The maximum atomic E-state index is 12.1. The number of morpholine rings is 1. The van der Waals surface area contributed by atoms with Gasteiger partial charge < -0.3 is 10.1 Å². The van der Waals surface area contributed by atoms with Crippen LogP contribution in [-0.4, -0.2) is 55.4 Å². The van der Waals surface area contributed by atoms with Crippen LogP contribution < -0.4 is 5.32 Å². The second-order valence-corrected chi connectivity index (χ2v) is 7.43. The summed E-state index contributed by atoms with van der Waals surface area (Å²) in [5.41, 5.74) is 0. The first kappa shape index (κ1) is 18.6. The molecule has 0 spiro atoms. The van der Waals surface area contributed by atoms with E-state index < -0.39 is 0 Å². The maximum Gasteiger partial charge on any atom is 0.233 e. The van der Waals surface area contributed by atoms with Gasteiger partial charge in [-0.2, -0.15) is 0 Å². The zero-order valence-electron chi connectivity index (χ0n) is 13.6. The van der Waals surface area contributed by atoms with Crippen LogP contribution in [0.4, 0.5) is 0 Å². The predicted octanol–water partition coefficient (Wildman–Crippen LogP) is 3.05. The van der Waals surface area contributed by atoms with E-state index in [1.807, 2.05) is 31.2 Å². The molecule has 4 nitrogen and oxygen atoms in total. The van der Waals surface area contributed by atoms with E-state index in [2.05, 4.69) is 10.2 Å². The monoisotopic (exact) mass is 356 g/mol. The molecular formula is C17H25ClN2O2S. The fraction of sp³-hybridized carbons (Fsp3) is 0.588. The van der Waals surface area contributed by atoms with Crippen molar-refractivity contribution in [2.24, 2.45) is 0 Å². The van der Waals surface area contributed by atoms with Crippen LogP contribution in [0.2, 0.25) is 5.02 Å². The number of hydrogen-bond acceptors (Lipinski definition) is 4. The van der Waals surface area contributed by atoms with Crippen LogP contribution in [0.1, 0.15) is 19.8 Å². The molecule has 0 bridgehead atoms. The molecule has 1 heterocycles. The van der Waals surface area contributed by atoms with Crippen LogP contribution in [0.25, 0.3) is 0 Å². The van der Waals surface area contributed by atoms with E-state index in [0.29, 0.717) is 5.02 Å². The largest absolute Gasteiger partial charge is 0.379 e. The lowest BCUT2D eigenvalue weighted by Crippen LogP contribution is -2.37. The molecule has 1 unspecified atom stereocenters. The van der Waals surface area contributed by atoms with Gasteiger partial charge in [-0.3, -0.25) is 9.69 Å². The summed E-state index contributed by atoms with van der Waals surface area (Å²) in [4.78, 5) is 15.5. The summed E-state index contributed by atoms with van der Waals surface area (Å²) in [7, 11) is 0. The van der Waals surface area contributed by atoms with Gasteiger partial charge in [0.2, 0.25) is 5.91 Å². The molecule has 1 atom stereocenters. The Hall–Kier alpha value is -0.750. The third-order valence-electron chi connectivity index (χ3n) is 3.81. The highest BCUT2D eigenvalue weighted by atomic mass is 35.5. The Labute approximate surface area is 147 Å². The second-order valence-electron chi connectivity index (χ2n) is 5.64. The minimum atomic E-state index is -0.144. The molecule has 0 radical (unpaired) electrons. The van der Waals surface area contributed by atoms with Gasteiger partial charge in [-0.15, -0.1) is 11.8 Å². The van der Waals surface area contributed by atoms with Crippen LogP contribution in [0, 0.1) is 0 Å². The Bertz CT molecular complexity index is 495. The number of carbonyl (C=O) groups is 1. The quantitative estimate of drug-likeness (QED) is 0.574. The number of rotatable bonds is 8. The van der Waals surface area contributed by atoms with Crippen LogP contribution in [0.3, 0.4) is 0 Å². The van der Waals surface area contributed by atoms with Crippen molar-refractivity contribution in [1.29, 1.82) is 0 Å². The number of hydrogen-bond donors (Lipinski definition) is 1. The second kappa shape index (κ2) is 10.2. The number of ether oxygens (including phenoxy) is 1. The molecule has 1 N–H and O–H groups in total. The first-order valence-corrected chi connectivity index (χ1v) is 9.41. The Kier molecular flexibility index (Phi) is 8.23. The molecule has 2 rings (SSSR count). The van der Waals surface area contributed by atoms with Crippen molar-refractivity contribution in [2.45, 2.75) is 29.9 Å². The molecule has 128 valence electrons. The van der Waals surface area contributed by atoms with Gasteiger partial charge in [0.15, 0.2) is 0 Å². The highest BCUT2D eigenvalue weighted by molar-refractivity contribution is 8.00. The number of nitrogens with zero attached hydrogens (tertiary/aromatic N) is 1. The van der Waals surface area contributed by atoms with Gasteiger partial charge in [0.1, 0.15) is 0 Å². The number of nitrogens with one attached hydrogen (secondary N) is 1. The standard InChI is InChI=1S/C17H25ClN2O2S/c1-14(23-16-7-3-2-6-15(16)18)17(21)19-8-4-5-9-20-10-12-22-13-11-20/h2-3,6-7,14H,4-5,8-13H2,1H3,(H,19,21). The van der Waals surface area contributed by atoms with Gasteiger partial charge in [0.25, 0.3) is 0 Å². The predicted molar refractivity (Wildman–Crippen MR) is 96.3 cm³/mol. The average molecular weight is 357 g/mol. The van der Waals surface area contributed by atoms with Crippen LogP contribution in [-0.2, 0) is 9.53 Å². The molecule has 1 aliphatic rings. The summed E-state index contributed by atoms with van der Waals surface area (Å²) < 4.78 is 5.33. The summed E-state index contributed by atoms with van der Waals surface area (Å²) >= 11 is 7.63. The van der Waals surface area contributed by atoms with Gasteiger partial charge in [-0.1, -0.05) is 23.7 Å². The lowest BCUT2D eigenvalue weighted by atomic mass is 10.2. The van der Waals surface area contributed by atoms with Gasteiger partial charge in [-0.05, 0) is 38.4 Å². The lowest BCUT2D eigenvalue weighted by molar-refractivity contribution is -0.120. The Morgan fingerprint density at radius 3 is 2.83 bits per heavy atom. The molecule has 6 heteroatoms. The van der Waals surface area contributed by atoms with Crippen molar-refractivity contribution < 1.29 is 9.53 Å². The summed E-state index contributed by atoms with van der Waals surface area (Å²) in [5.74, 6) is 0.0706. The fourth-order valence-electron chi connectivity index (χ4n) is 2.42. The summed E-state index contributed by atoms with van der Waals surface area (Å²) in [6, 6.07) is 7.62. The first-order chi connectivity index (χ1) is 11.2. The molecule has 23 heavy (non-hydrogen) atoms. The molecule has 1 aromatic carbocycles. The van der Waals surface area contributed by atoms with Crippen LogP contribution >= 0.6 is 23.4 Å². The molecule has 1 saturated heterocycles. The van der Waals surface area contributed by atoms with E-state index in [1.54, 1.807) is 0 Å². The number of halogens is 1. The normalized spacial score (nSPS) is 17.0. The molecule has 0 aliphatic carbocycles. The number of unbranched alkanes of at least 4 members (excludes halogenated alkanes) is 1. The highest BCUT2D eigenvalue weighted by Gasteiger charge is 2.15. The molecule has 0 saturated carbocycles. The van der Waals surface area contributed by atoms with Crippen LogP contribution in [0.15, 0.2) is 29.2 Å². The average Bonchev–Trinajstić information content (AvgIpc) is 2.57. The Balaban J connectivity index is 1.59. The van der Waals surface area contributed by atoms with E-state index in [4.69, 9.17) is 16.3 Å². The summed E-state index contributed by atoms with van der Waals surface area (Å²) in [5, 5.41) is 3.57. The van der Waals surface area contributed by atoms with Crippen molar-refractivity contribution in [3.05, 3.63) is 29.3 Å². The lowest BCUT2D eigenvalue weighted by Gasteiger charge is -2.26. The van der Waals surface area contributed by atoms with E-state index >= 15 is 0 Å². The molecular weight excluding hydrogens is 332 g/mol. The molecule has 1 aliphatic heterocycles. The van der Waals surface area contributed by atoms with Crippen molar-refractivity contribution in [3.8, 4) is 0 Å². The topological polar surface area (TPSA) is 41.6 Å². The molecule has 0 aromatic heterocycles. The number of benzene rings is 1. The van der Waals surface area contributed by atoms with Crippen molar-refractivity contribution in [3.63, 3.8) is 0 Å². The van der Waals surface area contributed by atoms with Crippen molar-refractivity contribution in [1.82, 2.24) is 10.2 Å². The van der Waals surface area contributed by atoms with Crippen molar-refractivity contribution in [2.75, 3.05) is 39.4 Å². The number of carbonyl (C=O) groups excluding carboxylic acids is 1. The van der Waals surface area contributed by atoms with Gasteiger partial charge in [0, 0.05) is 24.5 Å². The molecule has 1 amide bonds. The Morgan fingerprint density at radius 1 is 1.35 bits per heavy atom. The number of amides is 1. The third kappa shape index (κ3) is 6.71. The zero-order chi connectivity index (χ0) is 16.5. The van der Waals surface area contributed by atoms with Gasteiger partial charge in [-0.25, -0.2) is 0 Å². The first-order valence-electron chi connectivity index (χ1n) is 8.16. The molecule has 1 aromatic rings. The van der Waals surface area contributed by atoms with E-state index in [1.165, 1.54) is 11.8 Å².